The van der Waals surface area contributed by atoms with Crippen molar-refractivity contribution in [1.82, 2.24) is 20.9 Å². The Morgan fingerprint density at radius 1 is 1.19 bits per heavy atom. The van der Waals surface area contributed by atoms with Crippen LogP contribution >= 0.6 is 24.0 Å². The molecule has 148 valence electrons. The molecule has 0 unspecified atom stereocenters. The van der Waals surface area contributed by atoms with Crippen LogP contribution in [0.2, 0.25) is 0 Å². The van der Waals surface area contributed by atoms with Crippen molar-refractivity contribution in [2.45, 2.75) is 39.8 Å². The molecule has 0 aliphatic rings. The van der Waals surface area contributed by atoms with Crippen LogP contribution in [0.1, 0.15) is 32.2 Å². The zero-order chi connectivity index (χ0) is 19.2. The van der Waals surface area contributed by atoms with Crippen LogP contribution in [0.4, 0.5) is 0 Å². The lowest BCUT2D eigenvalue weighted by atomic mass is 10.1. The molecule has 0 radical (unpaired) electrons. The second-order valence-corrected chi connectivity index (χ2v) is 7.06. The van der Waals surface area contributed by atoms with E-state index in [0.717, 1.165) is 5.56 Å². The van der Waals surface area contributed by atoms with E-state index in [9.17, 15) is 4.79 Å². The highest BCUT2D eigenvalue weighted by molar-refractivity contribution is 14.0. The normalized spacial score (nSPS) is 11.5. The third-order valence-electron chi connectivity index (χ3n) is 3.45. The number of hydrogen-bond acceptors (Lipinski definition) is 4. The Morgan fingerprint density at radius 3 is 2.44 bits per heavy atom. The maximum Gasteiger partial charge on any atom is 0.239 e. The minimum Gasteiger partial charge on any atom is -0.439 e. The van der Waals surface area contributed by atoms with Crippen LogP contribution in [-0.4, -0.2) is 36.0 Å². The number of carbonyl (C=O) groups is 1. The monoisotopic (exact) mass is 485 g/mol. The SMILES string of the molecule is CN=C(NCC(=O)NC(C)(C)C)NCc1ncc(-c2ccc(C)cc2)o1.I. The summed E-state index contributed by atoms with van der Waals surface area (Å²) in [4.78, 5) is 20.2. The van der Waals surface area contributed by atoms with Gasteiger partial charge in [-0.15, -0.1) is 24.0 Å². The van der Waals surface area contributed by atoms with E-state index in [0.29, 0.717) is 24.2 Å². The molecule has 0 bridgehead atoms. The molecule has 27 heavy (non-hydrogen) atoms. The number of nitrogens with zero attached hydrogens (tertiary/aromatic N) is 2. The molecule has 1 aromatic heterocycles. The second kappa shape index (κ2) is 10.3. The number of halogens is 1. The van der Waals surface area contributed by atoms with Crippen LogP contribution in [0.15, 0.2) is 39.9 Å². The molecule has 2 rings (SSSR count). The quantitative estimate of drug-likeness (QED) is 0.344. The van der Waals surface area contributed by atoms with Crippen LogP contribution in [0.5, 0.6) is 0 Å². The lowest BCUT2D eigenvalue weighted by Crippen LogP contribution is -2.48. The number of rotatable bonds is 5. The molecular formula is C19H28IN5O2. The zero-order valence-corrected chi connectivity index (χ0v) is 18.8. The Bertz CT molecular complexity index is 763. The first-order valence-corrected chi connectivity index (χ1v) is 8.54. The van der Waals surface area contributed by atoms with Gasteiger partial charge in [0.25, 0.3) is 0 Å². The van der Waals surface area contributed by atoms with E-state index in [1.54, 1.807) is 13.2 Å². The molecule has 0 aliphatic heterocycles. The second-order valence-electron chi connectivity index (χ2n) is 7.06. The molecule has 0 fully saturated rings. The first-order chi connectivity index (χ1) is 12.3. The fraction of sp³-hybridized carbons (Fsp3) is 0.421. The largest absolute Gasteiger partial charge is 0.439 e. The van der Waals surface area contributed by atoms with Crippen LogP contribution in [0.25, 0.3) is 11.3 Å². The highest BCUT2D eigenvalue weighted by Crippen LogP contribution is 2.20. The summed E-state index contributed by atoms with van der Waals surface area (Å²) < 4.78 is 5.76. The fourth-order valence-corrected chi connectivity index (χ4v) is 2.25. The number of hydrogen-bond donors (Lipinski definition) is 3. The van der Waals surface area contributed by atoms with Gasteiger partial charge in [0.15, 0.2) is 11.7 Å². The van der Waals surface area contributed by atoms with Gasteiger partial charge in [-0.2, -0.15) is 0 Å². The van der Waals surface area contributed by atoms with Crippen LogP contribution < -0.4 is 16.0 Å². The molecule has 0 spiro atoms. The van der Waals surface area contributed by atoms with E-state index in [2.05, 4.69) is 25.9 Å². The van der Waals surface area contributed by atoms with Crippen molar-refractivity contribution < 1.29 is 9.21 Å². The molecule has 0 saturated heterocycles. The van der Waals surface area contributed by atoms with E-state index < -0.39 is 0 Å². The summed E-state index contributed by atoms with van der Waals surface area (Å²) in [5.74, 6) is 1.67. The summed E-state index contributed by atoms with van der Waals surface area (Å²) in [6.07, 6.45) is 1.70. The van der Waals surface area contributed by atoms with Crippen molar-refractivity contribution in [3.8, 4) is 11.3 Å². The number of aryl methyl sites for hydroxylation is 1. The average molecular weight is 485 g/mol. The summed E-state index contributed by atoms with van der Waals surface area (Å²) in [6.45, 7) is 8.36. The van der Waals surface area contributed by atoms with Gasteiger partial charge in [-0.1, -0.05) is 29.8 Å². The summed E-state index contributed by atoms with van der Waals surface area (Å²) in [6, 6.07) is 8.07. The third kappa shape index (κ3) is 7.98. The van der Waals surface area contributed by atoms with Crippen LogP contribution in [0, 0.1) is 6.92 Å². The number of aliphatic imine (C=N–C) groups is 1. The number of guanidine groups is 1. The summed E-state index contributed by atoms with van der Waals surface area (Å²) in [5.41, 5.74) is 1.91. The summed E-state index contributed by atoms with van der Waals surface area (Å²) in [5, 5.41) is 8.93. The Morgan fingerprint density at radius 2 is 1.85 bits per heavy atom. The van der Waals surface area contributed by atoms with Crippen LogP contribution in [-0.2, 0) is 11.3 Å². The number of carbonyl (C=O) groups excluding carboxylic acids is 1. The van der Waals surface area contributed by atoms with E-state index in [1.807, 2.05) is 52.0 Å². The fourth-order valence-electron chi connectivity index (χ4n) is 2.25. The smallest absolute Gasteiger partial charge is 0.239 e. The lowest BCUT2D eigenvalue weighted by molar-refractivity contribution is -0.121. The van der Waals surface area contributed by atoms with Crippen molar-refractivity contribution in [2.24, 2.45) is 4.99 Å². The first-order valence-electron chi connectivity index (χ1n) is 8.54. The van der Waals surface area contributed by atoms with E-state index in [4.69, 9.17) is 4.42 Å². The predicted octanol–water partition coefficient (Wildman–Crippen LogP) is 2.85. The molecule has 1 amide bonds. The number of oxazole rings is 1. The zero-order valence-electron chi connectivity index (χ0n) is 16.4. The Kier molecular flexibility index (Phi) is 8.74. The standard InChI is InChI=1S/C19H27N5O2.HI/c1-13-6-8-14(9-7-13)15-10-21-17(26-15)12-23-18(20-5)22-11-16(25)24-19(2,3)4;/h6-10H,11-12H2,1-5H3,(H,24,25)(H2,20,22,23);1H. The van der Waals surface area contributed by atoms with Crippen molar-refractivity contribution >= 4 is 35.8 Å². The van der Waals surface area contributed by atoms with Crippen molar-refractivity contribution in [2.75, 3.05) is 13.6 Å². The lowest BCUT2D eigenvalue weighted by Gasteiger charge is -2.21. The number of aromatic nitrogens is 1. The molecule has 1 aromatic carbocycles. The molecular weight excluding hydrogens is 457 g/mol. The maximum atomic E-state index is 11.9. The summed E-state index contributed by atoms with van der Waals surface area (Å²) in [7, 11) is 1.64. The Labute approximate surface area is 177 Å². The molecule has 2 aromatic rings. The Hall–Kier alpha value is -2.10. The van der Waals surface area contributed by atoms with Crippen molar-refractivity contribution in [3.05, 3.63) is 41.9 Å². The van der Waals surface area contributed by atoms with Gasteiger partial charge in [-0.25, -0.2) is 4.98 Å². The highest BCUT2D eigenvalue weighted by Gasteiger charge is 2.14. The molecule has 3 N–H and O–H groups in total. The van der Waals surface area contributed by atoms with Gasteiger partial charge in [0, 0.05) is 18.2 Å². The summed E-state index contributed by atoms with van der Waals surface area (Å²) >= 11 is 0. The van der Waals surface area contributed by atoms with Gasteiger partial charge in [-0.05, 0) is 27.7 Å². The maximum absolute atomic E-state index is 11.9. The molecule has 7 nitrogen and oxygen atoms in total. The predicted molar refractivity (Wildman–Crippen MR) is 118 cm³/mol. The number of amides is 1. The third-order valence-corrected chi connectivity index (χ3v) is 3.45. The Balaban J connectivity index is 0.00000364. The van der Waals surface area contributed by atoms with Gasteiger partial charge in [0.1, 0.15) is 0 Å². The molecule has 8 heteroatoms. The average Bonchev–Trinajstić information content (AvgIpc) is 3.03. The minimum atomic E-state index is -0.264. The minimum absolute atomic E-state index is 0. The topological polar surface area (TPSA) is 91.5 Å². The molecule has 0 saturated carbocycles. The number of benzene rings is 1. The van der Waals surface area contributed by atoms with Gasteiger partial charge < -0.3 is 20.4 Å². The molecule has 1 heterocycles. The van der Waals surface area contributed by atoms with E-state index in [-0.39, 0.29) is 42.0 Å². The van der Waals surface area contributed by atoms with Gasteiger partial charge in [0.05, 0.1) is 19.3 Å². The van der Waals surface area contributed by atoms with Crippen molar-refractivity contribution in [3.63, 3.8) is 0 Å². The highest BCUT2D eigenvalue weighted by atomic mass is 127. The van der Waals surface area contributed by atoms with Gasteiger partial charge in [-0.3, -0.25) is 9.79 Å². The van der Waals surface area contributed by atoms with E-state index in [1.165, 1.54) is 5.56 Å². The molecule has 0 atom stereocenters. The van der Waals surface area contributed by atoms with Gasteiger partial charge in [0.2, 0.25) is 11.8 Å². The van der Waals surface area contributed by atoms with E-state index >= 15 is 0 Å². The number of nitrogens with one attached hydrogen (secondary N) is 3. The van der Waals surface area contributed by atoms with Gasteiger partial charge >= 0.3 is 0 Å². The van der Waals surface area contributed by atoms with Crippen molar-refractivity contribution in [1.29, 1.82) is 0 Å². The first kappa shape index (κ1) is 22.9. The van der Waals surface area contributed by atoms with Crippen LogP contribution in [0.3, 0.4) is 0 Å². The molecule has 0 aliphatic carbocycles.